The van der Waals surface area contributed by atoms with E-state index in [4.69, 9.17) is 24.7 Å². The molecule has 244 valence electrons. The first-order valence-electron chi connectivity index (χ1n) is 13.3. The molecule has 41 heavy (non-hydrogen) atoms. The van der Waals surface area contributed by atoms with Gasteiger partial charge in [-0.1, -0.05) is 11.8 Å². The Balaban J connectivity index is 3.33. The minimum Gasteiger partial charge on any atom is -0.455 e. The van der Waals surface area contributed by atoms with Crippen molar-refractivity contribution < 1.29 is 38.5 Å². The highest BCUT2D eigenvalue weighted by atomic mass is 32.2. The van der Waals surface area contributed by atoms with Crippen LogP contribution in [0.5, 0.6) is 0 Å². The molecule has 0 bridgehead atoms. The Bertz CT molecular complexity index is 624. The first-order chi connectivity index (χ1) is 20.1. The van der Waals surface area contributed by atoms with Gasteiger partial charge in [-0.05, 0) is 24.3 Å². The molecule has 1 unspecified atom stereocenters. The maximum Gasteiger partial charge on any atom is 0.307 e. The summed E-state index contributed by atoms with van der Waals surface area (Å²) in [6, 6.07) is 0. The van der Waals surface area contributed by atoms with Crippen molar-refractivity contribution in [3.8, 4) is 0 Å². The summed E-state index contributed by atoms with van der Waals surface area (Å²) >= 11 is 12.7. The fraction of sp³-hybridized carbons (Fsp3) is 0.917. The van der Waals surface area contributed by atoms with E-state index in [1.165, 1.54) is 35.3 Å². The second-order valence-electron chi connectivity index (χ2n) is 7.70. The molecule has 0 radical (unpaired) electrons. The lowest BCUT2D eigenvalue weighted by molar-refractivity contribution is -0.278. The summed E-state index contributed by atoms with van der Waals surface area (Å²) in [4.78, 5) is 33.9. The van der Waals surface area contributed by atoms with Crippen LogP contribution in [0.1, 0.15) is 25.7 Å². The maximum absolute atomic E-state index is 12.2. The largest absolute Gasteiger partial charge is 0.455 e. The maximum atomic E-state index is 12.2. The summed E-state index contributed by atoms with van der Waals surface area (Å²) in [5.41, 5.74) is 0. The Morgan fingerprint density at radius 1 is 0.585 bits per heavy atom. The van der Waals surface area contributed by atoms with Gasteiger partial charge in [0.2, 0.25) is 0 Å². The van der Waals surface area contributed by atoms with Crippen LogP contribution in [-0.4, -0.2) is 131 Å². The summed E-state index contributed by atoms with van der Waals surface area (Å²) in [6.07, 6.45) is 2.74. The van der Waals surface area contributed by atoms with E-state index in [1.54, 1.807) is 58.8 Å². The van der Waals surface area contributed by atoms with Crippen molar-refractivity contribution in [2.24, 2.45) is 0 Å². The van der Waals surface area contributed by atoms with E-state index in [9.17, 15) is 13.8 Å². The Morgan fingerprint density at radius 2 is 1.20 bits per heavy atom. The van der Waals surface area contributed by atoms with Gasteiger partial charge in [-0.2, -0.15) is 35.3 Å². The average Bonchev–Trinajstić information content (AvgIpc) is 2.96. The van der Waals surface area contributed by atoms with Crippen LogP contribution in [0, 0.1) is 0 Å². The first-order valence-corrected chi connectivity index (χ1v) is 23.8. The van der Waals surface area contributed by atoms with Crippen molar-refractivity contribution in [1.29, 1.82) is 0 Å². The Morgan fingerprint density at radius 3 is 1.93 bits per heavy atom. The SMILES string of the molecule is O=C(CCSCCCS(=O)CCSCCSC(=O)CCSCCCOOCSCCSCO)OCSCCSCO. The standard InChI is InChI=1S/C24H46O8S9/c25-19-36-10-12-38-21-30-23(27)3-8-34-7-2-17-41(29)18-16-35-14-15-40-24(28)4-9-33-6-1-5-31-32-22-39-13-11-37-20-26/h25-26H,1-22H2. The van der Waals surface area contributed by atoms with Gasteiger partial charge in [0.05, 0.1) is 24.9 Å². The number of aliphatic hydroxyl groups excluding tert-OH is 2. The third-order valence-corrected chi connectivity index (χ3v) is 13.8. The number of carbonyl (C=O) groups excluding carboxylic acids is 2. The molecule has 0 saturated heterocycles. The fourth-order valence-corrected chi connectivity index (χ4v) is 10.6. The molecular weight excluding hydrogens is 705 g/mol. The third-order valence-electron chi connectivity index (χ3n) is 4.47. The van der Waals surface area contributed by atoms with Crippen LogP contribution >= 0.6 is 94.1 Å². The van der Waals surface area contributed by atoms with Crippen LogP contribution in [0.15, 0.2) is 0 Å². The van der Waals surface area contributed by atoms with Crippen LogP contribution in [0.2, 0.25) is 0 Å². The van der Waals surface area contributed by atoms with Crippen molar-refractivity contribution in [3.63, 3.8) is 0 Å². The molecule has 0 fully saturated rings. The Labute approximate surface area is 283 Å². The van der Waals surface area contributed by atoms with E-state index < -0.39 is 10.8 Å². The van der Waals surface area contributed by atoms with Crippen molar-refractivity contribution >= 4 is 116 Å². The third kappa shape index (κ3) is 36.3. The molecule has 0 aliphatic rings. The number of hydrogen-bond donors (Lipinski definition) is 2. The van der Waals surface area contributed by atoms with Crippen LogP contribution in [0.4, 0.5) is 0 Å². The van der Waals surface area contributed by atoms with Gasteiger partial charge in [-0.3, -0.25) is 13.8 Å². The number of ether oxygens (including phenoxy) is 1. The molecule has 0 spiro atoms. The van der Waals surface area contributed by atoms with Crippen LogP contribution in [0.3, 0.4) is 0 Å². The highest BCUT2D eigenvalue weighted by Crippen LogP contribution is 2.14. The Kier molecular flexibility index (Phi) is 38.1. The van der Waals surface area contributed by atoms with Crippen molar-refractivity contribution in [3.05, 3.63) is 0 Å². The van der Waals surface area contributed by atoms with E-state index in [1.807, 2.05) is 0 Å². The topological polar surface area (TPSA) is 119 Å². The molecular formula is C24H46O8S9. The molecule has 0 aromatic heterocycles. The van der Waals surface area contributed by atoms with Gasteiger partial charge in [0, 0.05) is 80.5 Å². The van der Waals surface area contributed by atoms with Crippen molar-refractivity contribution in [2.75, 3.05) is 105 Å². The highest BCUT2D eigenvalue weighted by Gasteiger charge is 2.06. The Hall–Kier alpha value is 1.93. The summed E-state index contributed by atoms with van der Waals surface area (Å²) in [7, 11) is -0.817. The number of rotatable bonds is 33. The van der Waals surface area contributed by atoms with E-state index >= 15 is 0 Å². The number of hydrogen-bond acceptors (Lipinski definition) is 16. The highest BCUT2D eigenvalue weighted by molar-refractivity contribution is 8.14. The number of esters is 1. The van der Waals surface area contributed by atoms with E-state index in [-0.39, 0.29) is 23.0 Å². The zero-order valence-electron chi connectivity index (χ0n) is 23.6. The number of thioether (sulfide) groups is 8. The van der Waals surface area contributed by atoms with E-state index in [0.29, 0.717) is 42.8 Å². The van der Waals surface area contributed by atoms with Crippen molar-refractivity contribution in [2.45, 2.75) is 25.7 Å². The molecule has 0 rings (SSSR count). The summed E-state index contributed by atoms with van der Waals surface area (Å²) in [6.45, 7) is 0.550. The minimum absolute atomic E-state index is 0.122. The van der Waals surface area contributed by atoms with E-state index in [2.05, 4.69) is 0 Å². The quantitative estimate of drug-likeness (QED) is 0.0308. The van der Waals surface area contributed by atoms with Gasteiger partial charge in [-0.15, -0.1) is 47.0 Å². The average molecular weight is 751 g/mol. The van der Waals surface area contributed by atoms with Gasteiger partial charge in [0.15, 0.2) is 5.12 Å². The molecule has 0 amide bonds. The summed E-state index contributed by atoms with van der Waals surface area (Å²) in [5, 5.41) is 17.6. The number of aliphatic hydroxyl groups is 2. The lowest BCUT2D eigenvalue weighted by Crippen LogP contribution is -2.08. The van der Waals surface area contributed by atoms with Gasteiger partial charge < -0.3 is 14.9 Å². The zero-order valence-corrected chi connectivity index (χ0v) is 30.9. The molecule has 0 aromatic carbocycles. The minimum atomic E-state index is -0.817. The van der Waals surface area contributed by atoms with Gasteiger partial charge in [0.25, 0.3) is 0 Å². The summed E-state index contributed by atoms with van der Waals surface area (Å²) in [5.74, 6) is 11.8. The fourth-order valence-electron chi connectivity index (χ4n) is 2.49. The van der Waals surface area contributed by atoms with Gasteiger partial charge in [0.1, 0.15) is 11.9 Å². The second-order valence-corrected chi connectivity index (χ2v) is 18.5. The molecule has 1 atom stereocenters. The lowest BCUT2D eigenvalue weighted by atomic mass is 10.5. The molecule has 17 heteroatoms. The van der Waals surface area contributed by atoms with Gasteiger partial charge >= 0.3 is 5.97 Å². The first kappa shape index (κ1) is 42.9. The molecule has 0 aliphatic heterocycles. The lowest BCUT2D eigenvalue weighted by Gasteiger charge is -2.05. The predicted molar refractivity (Wildman–Crippen MR) is 193 cm³/mol. The predicted octanol–water partition coefficient (Wildman–Crippen LogP) is 4.99. The van der Waals surface area contributed by atoms with E-state index in [0.717, 1.165) is 76.1 Å². The molecule has 0 saturated carbocycles. The van der Waals surface area contributed by atoms with Crippen LogP contribution < -0.4 is 0 Å². The molecule has 0 aromatic rings. The molecule has 0 aliphatic carbocycles. The molecule has 2 N–H and O–H groups in total. The smallest absolute Gasteiger partial charge is 0.307 e. The second kappa shape index (κ2) is 36.4. The molecule has 8 nitrogen and oxygen atoms in total. The monoisotopic (exact) mass is 750 g/mol. The summed E-state index contributed by atoms with van der Waals surface area (Å²) < 4.78 is 17.3. The number of carbonyl (C=O) groups is 2. The molecule has 0 heterocycles. The zero-order chi connectivity index (χ0) is 30.1. The van der Waals surface area contributed by atoms with Crippen LogP contribution in [0.25, 0.3) is 0 Å². The van der Waals surface area contributed by atoms with Crippen molar-refractivity contribution in [1.82, 2.24) is 0 Å². The van der Waals surface area contributed by atoms with Gasteiger partial charge in [-0.25, -0.2) is 9.78 Å². The normalized spacial score (nSPS) is 12.0. The van der Waals surface area contributed by atoms with Crippen LogP contribution in [-0.2, 0) is 34.9 Å².